The molecule has 0 fully saturated rings. The molecule has 0 aliphatic rings. The predicted molar refractivity (Wildman–Crippen MR) is 261 cm³/mol. The first-order chi connectivity index (χ1) is 29.2. The number of imidazole rings is 1. The summed E-state index contributed by atoms with van der Waals surface area (Å²) in [7, 11) is 0. The van der Waals surface area contributed by atoms with Gasteiger partial charge >= 0.3 is 0 Å². The van der Waals surface area contributed by atoms with Crippen molar-refractivity contribution >= 4 is 11.0 Å². The summed E-state index contributed by atoms with van der Waals surface area (Å²) in [5.41, 5.74) is 16.4. The fourth-order valence-electron chi connectivity index (χ4n) is 8.19. The van der Waals surface area contributed by atoms with Gasteiger partial charge in [-0.05, 0) is 85.4 Å². The SMILES string of the molecule is CC(C)(C)c1ccc(-c2ccnc(-c3[c-]c(-c4cccc5c4nc(-c4ccccc4O)n5-c4cc(C(C)(C)C)ccc4-c4ccc(C(C)(C)C)cc4)cc(C(C)(C)C)c3)c2)cc1.[Pt]. The molecule has 0 unspecified atom stereocenters. The first-order valence-electron chi connectivity index (χ1n) is 21.9. The molecule has 0 amide bonds. The van der Waals surface area contributed by atoms with Crippen molar-refractivity contribution in [2.75, 3.05) is 0 Å². The molecule has 8 aromatic rings. The van der Waals surface area contributed by atoms with Gasteiger partial charge in [0.15, 0.2) is 0 Å². The maximum Gasteiger partial charge on any atom is 0.148 e. The average Bonchev–Trinajstić information content (AvgIpc) is 3.62. The molecule has 0 bridgehead atoms. The van der Waals surface area contributed by atoms with Gasteiger partial charge in [0.25, 0.3) is 0 Å². The Balaban J connectivity index is 0.00000595. The molecule has 6 aromatic carbocycles. The molecule has 0 saturated carbocycles. The van der Waals surface area contributed by atoms with E-state index in [4.69, 9.17) is 9.97 Å². The molecule has 0 aliphatic heterocycles. The first kappa shape index (κ1) is 45.5. The maximum atomic E-state index is 11.5. The molecule has 4 nitrogen and oxygen atoms in total. The Morgan fingerprint density at radius 2 is 1.03 bits per heavy atom. The van der Waals surface area contributed by atoms with Gasteiger partial charge in [0, 0.05) is 38.5 Å². The van der Waals surface area contributed by atoms with E-state index in [1.54, 1.807) is 6.07 Å². The third-order valence-electron chi connectivity index (χ3n) is 12.1. The van der Waals surface area contributed by atoms with E-state index in [1.807, 2.05) is 24.4 Å². The van der Waals surface area contributed by atoms with Crippen LogP contribution in [0.15, 0.2) is 140 Å². The van der Waals surface area contributed by atoms with Gasteiger partial charge in [-0.1, -0.05) is 185 Å². The van der Waals surface area contributed by atoms with Crippen molar-refractivity contribution in [3.05, 3.63) is 168 Å². The van der Waals surface area contributed by atoms with Gasteiger partial charge in [-0.2, -0.15) is 0 Å². The molecule has 324 valence electrons. The number of fused-ring (bicyclic) bond motifs is 1. The number of hydrogen-bond donors (Lipinski definition) is 1. The van der Waals surface area contributed by atoms with Crippen LogP contribution in [0.4, 0.5) is 0 Å². The van der Waals surface area contributed by atoms with Crippen LogP contribution in [0.3, 0.4) is 0 Å². The maximum absolute atomic E-state index is 11.5. The number of aromatic hydroxyl groups is 1. The number of aromatic nitrogens is 3. The minimum Gasteiger partial charge on any atom is -0.507 e. The summed E-state index contributed by atoms with van der Waals surface area (Å²) in [5, 5.41) is 11.5. The largest absolute Gasteiger partial charge is 0.507 e. The minimum atomic E-state index is -0.155. The van der Waals surface area contributed by atoms with Crippen LogP contribution in [-0.4, -0.2) is 19.6 Å². The summed E-state index contributed by atoms with van der Waals surface area (Å²) in [6.45, 7) is 27.0. The van der Waals surface area contributed by atoms with Crippen molar-refractivity contribution in [2.24, 2.45) is 0 Å². The molecule has 0 spiro atoms. The van der Waals surface area contributed by atoms with E-state index in [2.05, 4.69) is 203 Å². The number of phenolic OH excluding ortho intramolecular Hbond substituents is 1. The van der Waals surface area contributed by atoms with Crippen LogP contribution in [0.1, 0.15) is 105 Å². The fourth-order valence-corrected chi connectivity index (χ4v) is 8.19. The number of nitrogens with zero attached hydrogens (tertiary/aromatic N) is 3. The summed E-state index contributed by atoms with van der Waals surface area (Å²) in [5.74, 6) is 0.847. The number of para-hydroxylation sites is 2. The number of pyridine rings is 1. The van der Waals surface area contributed by atoms with Gasteiger partial charge in [-0.15, -0.1) is 29.3 Å². The van der Waals surface area contributed by atoms with Gasteiger partial charge in [-0.3, -0.25) is 9.55 Å². The zero-order valence-electron chi connectivity index (χ0n) is 38.9. The van der Waals surface area contributed by atoms with E-state index >= 15 is 0 Å². The van der Waals surface area contributed by atoms with Crippen molar-refractivity contribution < 1.29 is 26.2 Å². The number of phenols is 1. The molecule has 2 heterocycles. The Labute approximate surface area is 389 Å². The zero-order chi connectivity index (χ0) is 44.4. The van der Waals surface area contributed by atoms with Crippen LogP contribution in [0.5, 0.6) is 5.75 Å². The third kappa shape index (κ3) is 9.25. The second-order valence-corrected chi connectivity index (χ2v) is 21.0. The second-order valence-electron chi connectivity index (χ2n) is 21.0. The van der Waals surface area contributed by atoms with Gasteiger partial charge in [-0.25, -0.2) is 4.98 Å². The zero-order valence-corrected chi connectivity index (χ0v) is 41.2. The van der Waals surface area contributed by atoms with Crippen molar-refractivity contribution in [1.29, 1.82) is 0 Å². The minimum absolute atomic E-state index is 0. The number of hydrogen-bond acceptors (Lipinski definition) is 3. The molecular weight excluding hydrogens is 950 g/mol. The van der Waals surface area contributed by atoms with Crippen LogP contribution in [0, 0.1) is 6.07 Å². The van der Waals surface area contributed by atoms with E-state index in [0.717, 1.165) is 61.4 Å². The van der Waals surface area contributed by atoms with Gasteiger partial charge < -0.3 is 5.11 Å². The van der Waals surface area contributed by atoms with E-state index < -0.39 is 0 Å². The van der Waals surface area contributed by atoms with Crippen molar-refractivity contribution in [1.82, 2.24) is 14.5 Å². The Kier molecular flexibility index (Phi) is 12.2. The Bertz CT molecular complexity index is 2930. The Hall–Kier alpha value is -5.57. The quantitative estimate of drug-likeness (QED) is 0.169. The van der Waals surface area contributed by atoms with Crippen LogP contribution in [0.2, 0.25) is 0 Å². The van der Waals surface area contributed by atoms with Crippen molar-refractivity contribution in [3.8, 4) is 67.5 Å². The van der Waals surface area contributed by atoms with E-state index in [0.29, 0.717) is 11.4 Å². The van der Waals surface area contributed by atoms with Crippen molar-refractivity contribution in [3.63, 3.8) is 0 Å². The topological polar surface area (TPSA) is 50.9 Å². The average molecular weight is 1010 g/mol. The Morgan fingerprint density at radius 1 is 0.476 bits per heavy atom. The second kappa shape index (κ2) is 16.9. The van der Waals surface area contributed by atoms with Gasteiger partial charge in [0.05, 0.1) is 22.3 Å². The predicted octanol–water partition coefficient (Wildman–Crippen LogP) is 15.4. The normalized spacial score (nSPS) is 12.4. The number of benzene rings is 6. The molecular formula is C58H60N3OPt-. The molecule has 0 aliphatic carbocycles. The molecule has 1 N–H and O–H groups in total. The van der Waals surface area contributed by atoms with Gasteiger partial charge in [0.1, 0.15) is 11.6 Å². The fraction of sp³-hybridized carbons (Fsp3) is 0.276. The first-order valence-corrected chi connectivity index (χ1v) is 21.9. The summed E-state index contributed by atoms with van der Waals surface area (Å²) < 4.78 is 2.25. The van der Waals surface area contributed by atoms with Crippen LogP contribution >= 0.6 is 0 Å². The summed E-state index contributed by atoms with van der Waals surface area (Å²) in [6, 6.07) is 51.2. The van der Waals surface area contributed by atoms with E-state index in [1.165, 1.54) is 22.3 Å². The summed E-state index contributed by atoms with van der Waals surface area (Å²) >= 11 is 0. The molecule has 0 atom stereocenters. The molecule has 0 radical (unpaired) electrons. The summed E-state index contributed by atoms with van der Waals surface area (Å²) in [4.78, 5) is 10.4. The van der Waals surface area contributed by atoms with E-state index in [9.17, 15) is 5.11 Å². The molecule has 0 saturated heterocycles. The van der Waals surface area contributed by atoms with Crippen LogP contribution < -0.4 is 0 Å². The standard InChI is InChI=1S/C58H60N3O.Pt/c1-55(2,3)42-24-20-37(21-25-42)39-30-31-59-49(35-39)41-32-40(33-45(34-41)58(10,11)12)47-17-15-18-50-53(47)60-54(48-16-13-14-19-52(48)62)61(50)51-36-44(57(7,8)9)28-29-46(51)38-22-26-43(27-23-38)56(4,5)6;/h13-31,33-36,62H,1-12H3;/q-1;. The van der Waals surface area contributed by atoms with Crippen molar-refractivity contribution in [2.45, 2.75) is 105 Å². The van der Waals surface area contributed by atoms with E-state index in [-0.39, 0.29) is 48.5 Å². The monoisotopic (exact) mass is 1010 g/mol. The number of rotatable bonds is 6. The molecule has 63 heavy (non-hydrogen) atoms. The Morgan fingerprint density at radius 3 is 1.63 bits per heavy atom. The van der Waals surface area contributed by atoms with Gasteiger partial charge in [0.2, 0.25) is 0 Å². The smallest absolute Gasteiger partial charge is 0.148 e. The molecule has 8 rings (SSSR count). The molecule has 2 aromatic heterocycles. The third-order valence-corrected chi connectivity index (χ3v) is 12.1. The summed E-state index contributed by atoms with van der Waals surface area (Å²) in [6.07, 6.45) is 1.90. The van der Waals surface area contributed by atoms with Crippen LogP contribution in [0.25, 0.3) is 72.7 Å². The molecule has 5 heteroatoms. The van der Waals surface area contributed by atoms with Crippen LogP contribution in [-0.2, 0) is 42.7 Å².